The molecule has 2 aliphatic heterocycles. The maximum atomic E-state index is 13.1. The highest BCUT2D eigenvalue weighted by atomic mass is 16.5. The van der Waals surface area contributed by atoms with Gasteiger partial charge in [0.15, 0.2) is 0 Å². The SMILES string of the molecule is C=C1C[C@@H](c2ncc(-c3ccc(C#Cc4ccc5nc([C@@H]6CCCN6C(=O)[C@H](C)NC(=O)OC)[nH]c5c4)cc3)[nH]2)N(C(=O)[C@H](C)NC(=O)OC)C1. The van der Waals surface area contributed by atoms with Crippen LogP contribution in [-0.4, -0.2) is 93.1 Å². The Labute approximate surface area is 295 Å². The molecule has 264 valence electrons. The first-order chi connectivity index (χ1) is 24.5. The number of rotatable bonds is 7. The topological polar surface area (TPSA) is 175 Å². The highest BCUT2D eigenvalue weighted by Gasteiger charge is 2.37. The number of carbonyl (C=O) groups excluding carboxylic acids is 4. The van der Waals surface area contributed by atoms with Crippen molar-refractivity contribution in [2.45, 2.75) is 57.3 Å². The molecule has 4 N–H and O–H groups in total. The lowest BCUT2D eigenvalue weighted by molar-refractivity contribution is -0.134. The second-order valence-corrected chi connectivity index (χ2v) is 12.7. The molecule has 2 aliphatic rings. The number of nitrogens with zero attached hydrogens (tertiary/aromatic N) is 4. The molecular formula is C37H40N8O6. The Balaban J connectivity index is 1.12. The molecule has 4 amide bonds. The zero-order valence-corrected chi connectivity index (χ0v) is 28.9. The van der Waals surface area contributed by atoms with Crippen molar-refractivity contribution in [2.24, 2.45) is 0 Å². The van der Waals surface area contributed by atoms with E-state index in [0.29, 0.717) is 31.2 Å². The number of benzene rings is 2. The summed E-state index contributed by atoms with van der Waals surface area (Å²) in [4.78, 5) is 69.0. The average Bonchev–Trinajstić information content (AvgIpc) is 3.95. The third-order valence-corrected chi connectivity index (χ3v) is 9.13. The Kier molecular flexibility index (Phi) is 10.1. The highest BCUT2D eigenvalue weighted by Crippen LogP contribution is 2.35. The number of nitrogens with one attached hydrogen (secondary N) is 4. The molecule has 0 bridgehead atoms. The van der Waals surface area contributed by atoms with Crippen molar-refractivity contribution in [1.82, 2.24) is 40.4 Å². The minimum atomic E-state index is -0.763. The van der Waals surface area contributed by atoms with Crippen LogP contribution in [0.3, 0.4) is 0 Å². The molecule has 2 aromatic carbocycles. The molecule has 0 aliphatic carbocycles. The third kappa shape index (κ3) is 7.57. The molecule has 6 rings (SSSR count). The average molecular weight is 693 g/mol. The van der Waals surface area contributed by atoms with E-state index in [1.807, 2.05) is 42.5 Å². The number of hydrogen-bond acceptors (Lipinski definition) is 8. The van der Waals surface area contributed by atoms with Crippen molar-refractivity contribution in [3.05, 3.63) is 83.6 Å². The number of alkyl carbamates (subject to hydrolysis) is 2. The second kappa shape index (κ2) is 14.8. The Hall–Kier alpha value is -6.10. The molecule has 4 aromatic rings. The van der Waals surface area contributed by atoms with E-state index >= 15 is 0 Å². The summed E-state index contributed by atoms with van der Waals surface area (Å²) in [6.45, 7) is 8.30. The van der Waals surface area contributed by atoms with E-state index in [-0.39, 0.29) is 23.9 Å². The van der Waals surface area contributed by atoms with Gasteiger partial charge in [-0.1, -0.05) is 36.1 Å². The van der Waals surface area contributed by atoms with Gasteiger partial charge in [0.05, 0.1) is 49.2 Å². The Morgan fingerprint density at radius 1 is 0.882 bits per heavy atom. The van der Waals surface area contributed by atoms with Crippen LogP contribution in [0.25, 0.3) is 22.3 Å². The molecule has 4 atom stereocenters. The van der Waals surface area contributed by atoms with Gasteiger partial charge in [-0.15, -0.1) is 0 Å². The number of H-pyrrole nitrogens is 2. The van der Waals surface area contributed by atoms with Crippen LogP contribution < -0.4 is 10.6 Å². The van der Waals surface area contributed by atoms with Crippen molar-refractivity contribution < 1.29 is 28.7 Å². The van der Waals surface area contributed by atoms with Crippen LogP contribution in [-0.2, 0) is 19.1 Å². The monoisotopic (exact) mass is 692 g/mol. The lowest BCUT2D eigenvalue weighted by Gasteiger charge is -2.26. The second-order valence-electron chi connectivity index (χ2n) is 12.7. The maximum absolute atomic E-state index is 13.1. The number of imidazole rings is 2. The van der Waals surface area contributed by atoms with Crippen LogP contribution in [0.1, 0.15) is 68.0 Å². The highest BCUT2D eigenvalue weighted by molar-refractivity contribution is 5.87. The fraction of sp³-hybridized carbons (Fsp3) is 0.351. The van der Waals surface area contributed by atoms with Crippen molar-refractivity contribution in [2.75, 3.05) is 27.3 Å². The lowest BCUT2D eigenvalue weighted by Crippen LogP contribution is -2.46. The van der Waals surface area contributed by atoms with E-state index in [9.17, 15) is 19.2 Å². The fourth-order valence-electron chi connectivity index (χ4n) is 6.48. The summed E-state index contributed by atoms with van der Waals surface area (Å²) in [5, 5.41) is 5.08. The summed E-state index contributed by atoms with van der Waals surface area (Å²) in [6.07, 6.45) is 2.59. The third-order valence-electron chi connectivity index (χ3n) is 9.13. The molecular weight excluding hydrogens is 652 g/mol. The number of hydrogen-bond donors (Lipinski definition) is 4. The van der Waals surface area contributed by atoms with Crippen molar-refractivity contribution in [3.8, 4) is 23.1 Å². The van der Waals surface area contributed by atoms with Gasteiger partial charge in [0, 0.05) is 24.2 Å². The molecule has 2 saturated heterocycles. The number of carbonyl (C=O) groups is 4. The number of aromatic nitrogens is 4. The summed E-state index contributed by atoms with van der Waals surface area (Å²) in [6, 6.07) is 11.5. The minimum Gasteiger partial charge on any atom is -0.453 e. The first kappa shape index (κ1) is 34.8. The van der Waals surface area contributed by atoms with Crippen molar-refractivity contribution >= 4 is 35.0 Å². The zero-order chi connectivity index (χ0) is 36.2. The standard InChI is InChI=1S/C37H40N8O6/c1-21-17-31(45(20-21)35(47)23(3)40-37(49)51-5)32-38-19-29(43-32)26-13-10-24(11-14-26)8-9-25-12-15-27-28(18-25)42-33(41-27)30-7-6-16-44(30)34(46)22(2)39-36(48)50-4/h10-15,18-19,22-23,30-31H,1,6-7,16-17,20H2,2-5H3,(H,38,43)(H,39,48)(H,40,49)(H,41,42)/t22-,23-,30-,31-/m0/s1. The normalized spacial score (nSPS) is 18.2. The Morgan fingerprint density at radius 3 is 2.22 bits per heavy atom. The largest absolute Gasteiger partial charge is 0.453 e. The molecule has 0 unspecified atom stereocenters. The number of ether oxygens (including phenoxy) is 2. The predicted octanol–water partition coefficient (Wildman–Crippen LogP) is 4.33. The minimum absolute atomic E-state index is 0.186. The number of aromatic amines is 2. The van der Waals surface area contributed by atoms with Crippen LogP contribution in [0.4, 0.5) is 9.59 Å². The molecule has 14 heteroatoms. The van der Waals surface area contributed by atoms with Crippen LogP contribution in [0.2, 0.25) is 0 Å². The molecule has 51 heavy (non-hydrogen) atoms. The first-order valence-electron chi connectivity index (χ1n) is 16.7. The Bertz CT molecular complexity index is 2040. The molecule has 2 aromatic heterocycles. The van der Waals surface area contributed by atoms with Crippen LogP contribution in [0.5, 0.6) is 0 Å². The van der Waals surface area contributed by atoms with E-state index in [1.54, 1.807) is 29.8 Å². The van der Waals surface area contributed by atoms with Gasteiger partial charge in [0.25, 0.3) is 0 Å². The summed E-state index contributed by atoms with van der Waals surface area (Å²) in [5.74, 6) is 7.36. The van der Waals surface area contributed by atoms with Crippen LogP contribution in [0, 0.1) is 11.8 Å². The van der Waals surface area contributed by atoms with E-state index in [2.05, 4.69) is 53.5 Å². The van der Waals surface area contributed by atoms with Crippen LogP contribution >= 0.6 is 0 Å². The molecule has 0 saturated carbocycles. The van der Waals surface area contributed by atoms with Gasteiger partial charge in [0.1, 0.15) is 23.7 Å². The maximum Gasteiger partial charge on any atom is 0.407 e. The Morgan fingerprint density at radius 2 is 1.53 bits per heavy atom. The summed E-state index contributed by atoms with van der Waals surface area (Å²) in [7, 11) is 2.52. The van der Waals surface area contributed by atoms with Gasteiger partial charge in [-0.3, -0.25) is 9.59 Å². The van der Waals surface area contributed by atoms with Gasteiger partial charge in [0.2, 0.25) is 11.8 Å². The van der Waals surface area contributed by atoms with Crippen LogP contribution in [0.15, 0.2) is 60.8 Å². The van der Waals surface area contributed by atoms with E-state index in [4.69, 9.17) is 4.98 Å². The van der Waals surface area contributed by atoms with Crippen molar-refractivity contribution in [3.63, 3.8) is 0 Å². The molecule has 2 fully saturated rings. The molecule has 4 heterocycles. The smallest absolute Gasteiger partial charge is 0.407 e. The number of likely N-dealkylation sites (tertiary alicyclic amines) is 2. The van der Waals surface area contributed by atoms with Gasteiger partial charge in [-0.05, 0) is 69.0 Å². The number of methoxy groups -OCH3 is 2. The van der Waals surface area contributed by atoms with E-state index < -0.39 is 24.3 Å². The van der Waals surface area contributed by atoms with E-state index in [0.717, 1.165) is 51.8 Å². The van der Waals surface area contributed by atoms with Gasteiger partial charge in [-0.25, -0.2) is 19.6 Å². The fourth-order valence-corrected chi connectivity index (χ4v) is 6.48. The molecule has 0 radical (unpaired) electrons. The predicted molar refractivity (Wildman–Crippen MR) is 188 cm³/mol. The first-order valence-corrected chi connectivity index (χ1v) is 16.7. The summed E-state index contributed by atoms with van der Waals surface area (Å²) < 4.78 is 9.27. The van der Waals surface area contributed by atoms with Gasteiger partial charge < -0.3 is 39.9 Å². The zero-order valence-electron chi connectivity index (χ0n) is 28.9. The molecule has 14 nitrogen and oxygen atoms in total. The number of amides is 4. The van der Waals surface area contributed by atoms with E-state index in [1.165, 1.54) is 14.2 Å². The summed E-state index contributed by atoms with van der Waals surface area (Å²) in [5.41, 5.74) is 5.85. The molecule has 0 spiro atoms. The lowest BCUT2D eigenvalue weighted by atomic mass is 10.1. The quantitative estimate of drug-likeness (QED) is 0.164. The van der Waals surface area contributed by atoms with Gasteiger partial charge >= 0.3 is 12.2 Å². The number of fused-ring (bicyclic) bond motifs is 1. The summed E-state index contributed by atoms with van der Waals surface area (Å²) >= 11 is 0. The van der Waals surface area contributed by atoms with Gasteiger partial charge in [-0.2, -0.15) is 0 Å². The van der Waals surface area contributed by atoms with Crippen molar-refractivity contribution in [1.29, 1.82) is 0 Å².